The first-order chi connectivity index (χ1) is 26.5. The molecule has 5 N–H and O–H groups in total. The molecule has 2 bridgehead atoms. The number of nitrogens with one attached hydrogen (secondary N) is 1. The van der Waals surface area contributed by atoms with Crippen molar-refractivity contribution in [2.24, 2.45) is 22.2 Å². The van der Waals surface area contributed by atoms with E-state index in [0.29, 0.717) is 5.56 Å². The summed E-state index contributed by atoms with van der Waals surface area (Å²) in [6.45, 7) is 12.1. The summed E-state index contributed by atoms with van der Waals surface area (Å²) in [4.78, 5) is 69.1. The van der Waals surface area contributed by atoms with E-state index < -0.39 is 112 Å². The van der Waals surface area contributed by atoms with Crippen molar-refractivity contribution in [1.82, 2.24) is 5.32 Å². The standard InChI is InChI=1S/C43H53NO13/c1-22-26(55-38(52)31(48)33(39(3,4)5)44-36(50)24-15-11-9-12-16-24)20-43(53)35(56-37(51)25-17-13-10-14-18-25)32-41(8,34(49)30(47)29(22)40(43,6)7)27(46)19-28-42(32,21-54-28)57-23(2)45/h9-18,26-28,30-33,35,46-48,53H,19-21H2,1-8H3,(H,44,50)/t26-,27-,28?,30+,31+,32-,33+,35-,41+,42-,43+/m0/s1. The number of fused-ring (bicyclic) bond motifs is 5. The van der Waals surface area contributed by atoms with E-state index in [4.69, 9.17) is 18.9 Å². The van der Waals surface area contributed by atoms with Gasteiger partial charge in [-0.1, -0.05) is 71.0 Å². The highest BCUT2D eigenvalue weighted by molar-refractivity contribution is 5.95. The van der Waals surface area contributed by atoms with Gasteiger partial charge in [0, 0.05) is 30.7 Å². The average molecular weight is 792 g/mol. The normalized spacial score (nSPS) is 34.1. The zero-order valence-corrected chi connectivity index (χ0v) is 33.5. The highest BCUT2D eigenvalue weighted by atomic mass is 16.6. The fraction of sp³-hybridized carbons (Fsp3) is 0.558. The minimum Gasteiger partial charge on any atom is -0.456 e. The van der Waals surface area contributed by atoms with Crippen molar-refractivity contribution in [2.75, 3.05) is 6.61 Å². The van der Waals surface area contributed by atoms with Crippen molar-refractivity contribution in [3.8, 4) is 0 Å². The van der Waals surface area contributed by atoms with E-state index in [1.807, 2.05) is 0 Å². The number of aliphatic hydroxyl groups is 4. The summed E-state index contributed by atoms with van der Waals surface area (Å²) in [5, 5.41) is 51.7. The van der Waals surface area contributed by atoms with Crippen molar-refractivity contribution >= 4 is 29.6 Å². The molecule has 0 aromatic heterocycles. The summed E-state index contributed by atoms with van der Waals surface area (Å²) in [7, 11) is 0. The molecule has 1 amide bonds. The molecule has 2 aromatic carbocycles. The maximum Gasteiger partial charge on any atom is 0.338 e. The Morgan fingerprint density at radius 1 is 0.930 bits per heavy atom. The monoisotopic (exact) mass is 791 g/mol. The Balaban J connectivity index is 1.48. The number of esters is 3. The Labute approximate surface area is 331 Å². The fourth-order valence-electron chi connectivity index (χ4n) is 9.70. The summed E-state index contributed by atoms with van der Waals surface area (Å²) in [5.41, 5.74) is -8.00. The third-order valence-electron chi connectivity index (χ3n) is 13.0. The summed E-state index contributed by atoms with van der Waals surface area (Å²) in [6.07, 6.45) is -10.3. The second-order valence-electron chi connectivity index (χ2n) is 17.7. The topological polar surface area (TPSA) is 215 Å². The van der Waals surface area contributed by atoms with Crippen molar-refractivity contribution in [1.29, 1.82) is 0 Å². The Bertz CT molecular complexity index is 1960. The van der Waals surface area contributed by atoms with E-state index in [9.17, 15) is 44.4 Å². The molecule has 14 heteroatoms. The Kier molecular flexibility index (Phi) is 10.9. The van der Waals surface area contributed by atoms with Gasteiger partial charge in [0.05, 0.1) is 35.6 Å². The van der Waals surface area contributed by atoms with Gasteiger partial charge in [0.2, 0.25) is 0 Å². The smallest absolute Gasteiger partial charge is 0.338 e. The average Bonchev–Trinajstić information content (AvgIpc) is 3.15. The Morgan fingerprint density at radius 3 is 2.04 bits per heavy atom. The lowest BCUT2D eigenvalue weighted by molar-refractivity contribution is -0.346. The molecule has 0 radical (unpaired) electrons. The second-order valence-corrected chi connectivity index (χ2v) is 17.7. The van der Waals surface area contributed by atoms with E-state index in [1.54, 1.807) is 83.1 Å². The van der Waals surface area contributed by atoms with Gasteiger partial charge in [-0.2, -0.15) is 0 Å². The largest absolute Gasteiger partial charge is 0.456 e. The first-order valence-electron chi connectivity index (χ1n) is 19.2. The Morgan fingerprint density at radius 2 is 1.51 bits per heavy atom. The second kappa shape index (κ2) is 14.7. The van der Waals surface area contributed by atoms with Crippen LogP contribution in [0, 0.1) is 22.2 Å². The zero-order chi connectivity index (χ0) is 42.0. The van der Waals surface area contributed by atoms with Crippen LogP contribution in [0.25, 0.3) is 0 Å². The number of carbonyl (C=O) groups is 5. The maximum atomic E-state index is 14.9. The van der Waals surface area contributed by atoms with E-state index in [-0.39, 0.29) is 29.7 Å². The number of hydrogen-bond donors (Lipinski definition) is 5. The van der Waals surface area contributed by atoms with Crippen LogP contribution in [-0.4, -0.2) is 110 Å². The van der Waals surface area contributed by atoms with Gasteiger partial charge in [0.15, 0.2) is 17.5 Å². The van der Waals surface area contributed by atoms with Crippen molar-refractivity contribution in [3.05, 3.63) is 82.9 Å². The lowest BCUT2D eigenvalue weighted by Crippen LogP contribution is -2.81. The van der Waals surface area contributed by atoms with Crippen LogP contribution in [-0.2, 0) is 33.3 Å². The fourth-order valence-corrected chi connectivity index (χ4v) is 9.70. The van der Waals surface area contributed by atoms with Crippen LogP contribution in [0.1, 0.15) is 88.9 Å². The molecule has 3 fully saturated rings. The number of amides is 1. The predicted octanol–water partition coefficient (Wildman–Crippen LogP) is 2.84. The highest BCUT2D eigenvalue weighted by Gasteiger charge is 2.78. The van der Waals surface area contributed by atoms with Crippen molar-refractivity contribution < 1.29 is 63.3 Å². The lowest BCUT2D eigenvalue weighted by atomic mass is 9.44. The molecule has 1 unspecified atom stereocenters. The maximum absolute atomic E-state index is 14.9. The highest BCUT2D eigenvalue weighted by Crippen LogP contribution is 2.64. The Hall–Kier alpha value is -4.47. The van der Waals surface area contributed by atoms with Gasteiger partial charge in [-0.05, 0) is 54.7 Å². The van der Waals surface area contributed by atoms with Gasteiger partial charge < -0.3 is 44.7 Å². The SMILES string of the molecule is CC(=O)O[C@@]12COC1C[C@H](O)[C@@]1(C)C(=O)[C@H](O)C3=C(C)[C@@H](OC(=O)[C@H](O)[C@@H](NC(=O)c4ccccc4)C(C)(C)C)C[C@@](O)([C@@H](OC(=O)c4ccccc4)[C@@H]12)C3(C)C. The summed E-state index contributed by atoms with van der Waals surface area (Å²) >= 11 is 0. The predicted molar refractivity (Wildman–Crippen MR) is 202 cm³/mol. The third-order valence-corrected chi connectivity index (χ3v) is 13.0. The molecule has 14 nitrogen and oxygen atoms in total. The number of rotatable bonds is 8. The zero-order valence-electron chi connectivity index (χ0n) is 33.5. The van der Waals surface area contributed by atoms with Crippen molar-refractivity contribution in [2.45, 2.75) is 122 Å². The van der Waals surface area contributed by atoms with Gasteiger partial charge in [0.1, 0.15) is 30.0 Å². The molecule has 1 heterocycles. The van der Waals surface area contributed by atoms with Gasteiger partial charge in [0.25, 0.3) is 5.91 Å². The number of Topliss-reactive ketones (excluding diaryl/α,β-unsaturated/α-hetero) is 1. The first-order valence-corrected chi connectivity index (χ1v) is 19.2. The molecule has 4 aliphatic rings. The molecule has 11 atom stereocenters. The summed E-state index contributed by atoms with van der Waals surface area (Å²) < 4.78 is 24.1. The number of ether oxygens (including phenoxy) is 4. The van der Waals surface area contributed by atoms with Crippen LogP contribution in [0.2, 0.25) is 0 Å². The van der Waals surface area contributed by atoms with Gasteiger partial charge >= 0.3 is 17.9 Å². The minimum absolute atomic E-state index is 0.0422. The summed E-state index contributed by atoms with van der Waals surface area (Å²) in [6, 6.07) is 15.0. The molecule has 1 saturated heterocycles. The van der Waals surface area contributed by atoms with Crippen LogP contribution in [0.5, 0.6) is 0 Å². The van der Waals surface area contributed by atoms with Crippen LogP contribution in [0.15, 0.2) is 71.8 Å². The van der Waals surface area contributed by atoms with E-state index in [0.717, 1.165) is 6.92 Å². The van der Waals surface area contributed by atoms with Gasteiger partial charge in [-0.25, -0.2) is 9.59 Å². The van der Waals surface area contributed by atoms with Crippen LogP contribution in [0.3, 0.4) is 0 Å². The number of benzene rings is 2. The van der Waals surface area contributed by atoms with Crippen molar-refractivity contribution in [3.63, 3.8) is 0 Å². The molecule has 3 aliphatic carbocycles. The first kappa shape index (κ1) is 42.1. The molecular weight excluding hydrogens is 738 g/mol. The molecule has 1 aliphatic heterocycles. The minimum atomic E-state index is -2.33. The van der Waals surface area contributed by atoms with E-state index in [1.165, 1.54) is 26.0 Å². The van der Waals surface area contributed by atoms with Crippen LogP contribution in [0.4, 0.5) is 0 Å². The summed E-state index contributed by atoms with van der Waals surface area (Å²) in [5.74, 6) is -5.79. The van der Waals surface area contributed by atoms with Gasteiger partial charge in [-0.3, -0.25) is 14.4 Å². The number of hydrogen-bond acceptors (Lipinski definition) is 13. The molecule has 6 rings (SSSR count). The number of ketones is 1. The van der Waals surface area contributed by atoms with Crippen LogP contribution >= 0.6 is 0 Å². The number of aliphatic hydroxyl groups excluding tert-OH is 3. The van der Waals surface area contributed by atoms with E-state index >= 15 is 0 Å². The van der Waals surface area contributed by atoms with Gasteiger partial charge in [-0.15, -0.1) is 0 Å². The molecule has 2 saturated carbocycles. The molecule has 308 valence electrons. The van der Waals surface area contributed by atoms with E-state index in [2.05, 4.69) is 5.32 Å². The molecule has 57 heavy (non-hydrogen) atoms. The number of carbonyl (C=O) groups excluding carboxylic acids is 5. The molecule has 0 spiro atoms. The third kappa shape index (κ3) is 6.78. The molecular formula is C43H53NO13. The lowest BCUT2D eigenvalue weighted by Gasteiger charge is -2.67. The molecule has 2 aromatic rings. The van der Waals surface area contributed by atoms with Crippen LogP contribution < -0.4 is 5.32 Å². The quantitative estimate of drug-likeness (QED) is 0.148.